The average Bonchev–Trinajstić information content (AvgIpc) is 2.87. The molecule has 18 heavy (non-hydrogen) atoms. The molecule has 0 unspecified atom stereocenters. The monoisotopic (exact) mass is 324 g/mol. The van der Waals surface area contributed by atoms with E-state index in [2.05, 4.69) is 49.4 Å². The van der Waals surface area contributed by atoms with Gasteiger partial charge in [0, 0.05) is 34.0 Å². The first kappa shape index (κ1) is 12.1. The SMILES string of the molecule is Brc1csc(-c2ccnc(N3CCOCC3)c2)c1. The van der Waals surface area contributed by atoms with Crippen molar-refractivity contribution in [3.8, 4) is 10.4 Å². The topological polar surface area (TPSA) is 25.4 Å². The molecule has 0 amide bonds. The van der Waals surface area contributed by atoms with E-state index in [0.717, 1.165) is 36.6 Å². The molecule has 1 saturated heterocycles. The van der Waals surface area contributed by atoms with E-state index in [9.17, 15) is 0 Å². The number of hydrogen-bond donors (Lipinski definition) is 0. The number of morpholine rings is 1. The van der Waals surface area contributed by atoms with Crippen LogP contribution in [-0.2, 0) is 4.74 Å². The van der Waals surface area contributed by atoms with E-state index in [1.165, 1.54) is 10.4 Å². The van der Waals surface area contributed by atoms with Crippen LogP contribution in [0.5, 0.6) is 0 Å². The number of aromatic nitrogens is 1. The van der Waals surface area contributed by atoms with E-state index in [0.29, 0.717) is 0 Å². The van der Waals surface area contributed by atoms with Gasteiger partial charge in [0.1, 0.15) is 5.82 Å². The van der Waals surface area contributed by atoms with Crippen molar-refractivity contribution >= 4 is 33.1 Å². The molecule has 0 aromatic carbocycles. The summed E-state index contributed by atoms with van der Waals surface area (Å²) in [6.07, 6.45) is 1.88. The summed E-state index contributed by atoms with van der Waals surface area (Å²) in [6.45, 7) is 3.42. The Hall–Kier alpha value is -0.910. The third kappa shape index (κ3) is 2.58. The first-order chi connectivity index (χ1) is 8.83. The highest BCUT2D eigenvalue weighted by molar-refractivity contribution is 9.10. The maximum absolute atomic E-state index is 5.37. The maximum Gasteiger partial charge on any atom is 0.129 e. The number of halogens is 1. The summed E-state index contributed by atoms with van der Waals surface area (Å²) in [5.41, 5.74) is 1.22. The van der Waals surface area contributed by atoms with Crippen molar-refractivity contribution in [1.82, 2.24) is 4.98 Å². The lowest BCUT2D eigenvalue weighted by molar-refractivity contribution is 0.122. The lowest BCUT2D eigenvalue weighted by atomic mass is 10.2. The van der Waals surface area contributed by atoms with Crippen LogP contribution in [0.3, 0.4) is 0 Å². The van der Waals surface area contributed by atoms with Gasteiger partial charge in [-0.1, -0.05) is 0 Å². The second kappa shape index (κ2) is 5.38. The Morgan fingerprint density at radius 3 is 2.83 bits per heavy atom. The lowest BCUT2D eigenvalue weighted by Crippen LogP contribution is -2.36. The summed E-state index contributed by atoms with van der Waals surface area (Å²) in [6, 6.07) is 6.36. The fourth-order valence-corrected chi connectivity index (χ4v) is 3.43. The zero-order valence-electron chi connectivity index (χ0n) is 9.80. The van der Waals surface area contributed by atoms with E-state index in [1.807, 2.05) is 6.20 Å². The molecule has 0 bridgehead atoms. The van der Waals surface area contributed by atoms with Gasteiger partial charge >= 0.3 is 0 Å². The molecule has 3 nitrogen and oxygen atoms in total. The number of ether oxygens (including phenoxy) is 1. The van der Waals surface area contributed by atoms with E-state index in [4.69, 9.17) is 4.74 Å². The van der Waals surface area contributed by atoms with E-state index < -0.39 is 0 Å². The summed E-state index contributed by atoms with van der Waals surface area (Å²) in [5, 5.41) is 2.10. The molecular weight excluding hydrogens is 312 g/mol. The van der Waals surface area contributed by atoms with Gasteiger partial charge < -0.3 is 9.64 Å². The van der Waals surface area contributed by atoms with Gasteiger partial charge in [0.05, 0.1) is 13.2 Å². The molecule has 1 fully saturated rings. The lowest BCUT2D eigenvalue weighted by Gasteiger charge is -2.27. The van der Waals surface area contributed by atoms with Gasteiger partial charge in [-0.15, -0.1) is 11.3 Å². The summed E-state index contributed by atoms with van der Waals surface area (Å²) in [5.74, 6) is 1.04. The molecule has 2 aromatic rings. The van der Waals surface area contributed by atoms with Gasteiger partial charge in [0.15, 0.2) is 0 Å². The Morgan fingerprint density at radius 2 is 2.11 bits per heavy atom. The van der Waals surface area contributed by atoms with Crippen LogP contribution in [0.2, 0.25) is 0 Å². The van der Waals surface area contributed by atoms with Crippen LogP contribution >= 0.6 is 27.3 Å². The Morgan fingerprint density at radius 1 is 1.28 bits per heavy atom. The zero-order valence-corrected chi connectivity index (χ0v) is 12.2. The quantitative estimate of drug-likeness (QED) is 0.846. The van der Waals surface area contributed by atoms with Crippen molar-refractivity contribution in [2.24, 2.45) is 0 Å². The Bertz CT molecular complexity index is 537. The fraction of sp³-hybridized carbons (Fsp3) is 0.308. The highest BCUT2D eigenvalue weighted by Gasteiger charge is 2.13. The highest BCUT2D eigenvalue weighted by Crippen LogP contribution is 2.31. The normalized spacial score (nSPS) is 15.9. The number of pyridine rings is 1. The molecule has 94 valence electrons. The molecule has 0 spiro atoms. The molecule has 0 radical (unpaired) electrons. The van der Waals surface area contributed by atoms with E-state index in [1.54, 1.807) is 11.3 Å². The summed E-state index contributed by atoms with van der Waals surface area (Å²) < 4.78 is 6.50. The molecule has 0 aliphatic carbocycles. The van der Waals surface area contributed by atoms with Crippen LogP contribution in [0.4, 0.5) is 5.82 Å². The predicted molar refractivity (Wildman–Crippen MR) is 78.3 cm³/mol. The van der Waals surface area contributed by atoms with Gasteiger partial charge in [0.25, 0.3) is 0 Å². The fourth-order valence-electron chi connectivity index (χ4n) is 2.00. The van der Waals surface area contributed by atoms with Gasteiger partial charge in [-0.05, 0) is 39.7 Å². The minimum Gasteiger partial charge on any atom is -0.378 e. The number of thiophene rings is 1. The average molecular weight is 325 g/mol. The van der Waals surface area contributed by atoms with Crippen molar-refractivity contribution in [3.63, 3.8) is 0 Å². The zero-order chi connectivity index (χ0) is 12.4. The molecule has 0 N–H and O–H groups in total. The third-order valence-electron chi connectivity index (χ3n) is 2.93. The first-order valence-corrected chi connectivity index (χ1v) is 7.53. The summed E-state index contributed by atoms with van der Waals surface area (Å²) in [4.78, 5) is 7.99. The third-order valence-corrected chi connectivity index (χ3v) is 4.67. The van der Waals surface area contributed by atoms with Crippen LogP contribution in [0.1, 0.15) is 0 Å². The van der Waals surface area contributed by atoms with Crippen molar-refractivity contribution in [3.05, 3.63) is 34.2 Å². The predicted octanol–water partition coefficient (Wildman–Crippen LogP) is 3.41. The summed E-state index contributed by atoms with van der Waals surface area (Å²) >= 11 is 5.23. The van der Waals surface area contributed by atoms with Gasteiger partial charge in [-0.3, -0.25) is 0 Å². The largest absolute Gasteiger partial charge is 0.378 e. The van der Waals surface area contributed by atoms with Crippen LogP contribution in [-0.4, -0.2) is 31.3 Å². The molecule has 3 heterocycles. The van der Waals surface area contributed by atoms with E-state index >= 15 is 0 Å². The molecule has 3 rings (SSSR count). The molecule has 2 aromatic heterocycles. The standard InChI is InChI=1S/C13H13BrN2OS/c14-11-8-12(18-9-11)10-1-2-15-13(7-10)16-3-5-17-6-4-16/h1-2,7-9H,3-6H2. The number of rotatable bonds is 2. The van der Waals surface area contributed by atoms with Crippen LogP contribution in [0.25, 0.3) is 10.4 Å². The van der Waals surface area contributed by atoms with Crippen molar-refractivity contribution < 1.29 is 4.74 Å². The van der Waals surface area contributed by atoms with Gasteiger partial charge in [-0.25, -0.2) is 4.98 Å². The second-order valence-electron chi connectivity index (χ2n) is 4.13. The van der Waals surface area contributed by atoms with Crippen LogP contribution < -0.4 is 4.90 Å². The smallest absolute Gasteiger partial charge is 0.129 e. The Balaban J connectivity index is 1.88. The van der Waals surface area contributed by atoms with E-state index in [-0.39, 0.29) is 0 Å². The molecule has 1 aliphatic heterocycles. The molecule has 5 heteroatoms. The Kier molecular flexibility index (Phi) is 3.63. The molecule has 0 atom stereocenters. The number of nitrogens with zero attached hydrogens (tertiary/aromatic N) is 2. The minimum absolute atomic E-state index is 0.788. The first-order valence-electron chi connectivity index (χ1n) is 5.86. The van der Waals surface area contributed by atoms with Crippen molar-refractivity contribution in [2.45, 2.75) is 0 Å². The molecular formula is C13H13BrN2OS. The molecule has 1 aliphatic rings. The van der Waals surface area contributed by atoms with Crippen molar-refractivity contribution in [2.75, 3.05) is 31.2 Å². The summed E-state index contributed by atoms with van der Waals surface area (Å²) in [7, 11) is 0. The Labute approximate surface area is 119 Å². The van der Waals surface area contributed by atoms with Gasteiger partial charge in [0.2, 0.25) is 0 Å². The minimum atomic E-state index is 0.788. The molecule has 0 saturated carbocycles. The van der Waals surface area contributed by atoms with Crippen LogP contribution in [0, 0.1) is 0 Å². The van der Waals surface area contributed by atoms with Crippen molar-refractivity contribution in [1.29, 1.82) is 0 Å². The maximum atomic E-state index is 5.37. The second-order valence-corrected chi connectivity index (χ2v) is 5.96. The highest BCUT2D eigenvalue weighted by atomic mass is 79.9. The van der Waals surface area contributed by atoms with Crippen LogP contribution in [0.15, 0.2) is 34.2 Å². The van der Waals surface area contributed by atoms with Gasteiger partial charge in [-0.2, -0.15) is 0 Å². The number of hydrogen-bond acceptors (Lipinski definition) is 4. The number of anilines is 1.